The van der Waals surface area contributed by atoms with Crippen LogP contribution in [0.5, 0.6) is 0 Å². The van der Waals surface area contributed by atoms with Gasteiger partial charge in [-0.25, -0.2) is 0 Å². The van der Waals surface area contributed by atoms with Gasteiger partial charge < -0.3 is 5.32 Å². The molecule has 3 heteroatoms. The quantitative estimate of drug-likeness (QED) is 0.884. The van der Waals surface area contributed by atoms with Gasteiger partial charge in [-0.15, -0.1) is 0 Å². The Labute approximate surface area is 109 Å². The van der Waals surface area contributed by atoms with Gasteiger partial charge >= 0.3 is 0 Å². The minimum absolute atomic E-state index is 0.112. The monoisotopic (exact) mass is 250 g/mol. The predicted molar refractivity (Wildman–Crippen MR) is 73.4 cm³/mol. The molecule has 18 heavy (non-hydrogen) atoms. The number of alkyl halides is 1. The van der Waals surface area contributed by atoms with E-state index in [1.54, 1.807) is 0 Å². The maximum atomic E-state index is 12.4. The van der Waals surface area contributed by atoms with Crippen LogP contribution in [0.3, 0.4) is 0 Å². The molecule has 1 unspecified atom stereocenters. The summed E-state index contributed by atoms with van der Waals surface area (Å²) in [5, 5.41) is 3.60. The lowest BCUT2D eigenvalue weighted by Gasteiger charge is -2.46. The van der Waals surface area contributed by atoms with Crippen LogP contribution in [0.15, 0.2) is 30.3 Å². The van der Waals surface area contributed by atoms with Crippen molar-refractivity contribution < 1.29 is 4.39 Å². The van der Waals surface area contributed by atoms with Crippen molar-refractivity contribution in [1.82, 2.24) is 10.2 Å². The zero-order valence-electron chi connectivity index (χ0n) is 11.3. The van der Waals surface area contributed by atoms with Crippen LogP contribution in [0.4, 0.5) is 4.39 Å². The maximum Gasteiger partial charge on any atom is 0.0906 e. The summed E-state index contributed by atoms with van der Waals surface area (Å²) in [5.41, 5.74) is 1.43. The number of nitrogens with zero attached hydrogens (tertiary/aromatic N) is 1. The van der Waals surface area contributed by atoms with E-state index in [-0.39, 0.29) is 12.2 Å². The first-order valence-corrected chi connectivity index (χ1v) is 6.73. The lowest BCUT2D eigenvalue weighted by molar-refractivity contribution is 0.0630. The second-order valence-corrected chi connectivity index (χ2v) is 5.65. The van der Waals surface area contributed by atoms with E-state index in [1.165, 1.54) is 5.56 Å². The molecular weight excluding hydrogens is 227 g/mol. The van der Waals surface area contributed by atoms with Gasteiger partial charge in [0.25, 0.3) is 0 Å². The summed E-state index contributed by atoms with van der Waals surface area (Å²) in [6.45, 7) is 6.96. The molecule has 1 heterocycles. The van der Waals surface area contributed by atoms with Gasteiger partial charge in [-0.3, -0.25) is 9.29 Å². The van der Waals surface area contributed by atoms with E-state index in [4.69, 9.17) is 0 Å². The van der Waals surface area contributed by atoms with Gasteiger partial charge in [0.15, 0.2) is 0 Å². The first-order valence-electron chi connectivity index (χ1n) is 6.73. The zero-order chi connectivity index (χ0) is 13.0. The van der Waals surface area contributed by atoms with E-state index in [9.17, 15) is 4.39 Å². The summed E-state index contributed by atoms with van der Waals surface area (Å²) < 4.78 is 12.4. The molecule has 0 saturated carbocycles. The van der Waals surface area contributed by atoms with Crippen molar-refractivity contribution in [2.75, 3.05) is 26.3 Å². The molecule has 100 valence electrons. The van der Waals surface area contributed by atoms with Crippen molar-refractivity contribution >= 4 is 0 Å². The normalized spacial score (nSPS) is 24.1. The Morgan fingerprint density at radius 3 is 2.72 bits per heavy atom. The fraction of sp³-hybridized carbons (Fsp3) is 0.600. The van der Waals surface area contributed by atoms with Gasteiger partial charge in [0.1, 0.15) is 0 Å². The summed E-state index contributed by atoms with van der Waals surface area (Å²) in [6, 6.07) is 10.9. The lowest BCUT2D eigenvalue weighted by atomic mass is 9.94. The van der Waals surface area contributed by atoms with E-state index >= 15 is 0 Å². The molecule has 0 radical (unpaired) electrons. The summed E-state index contributed by atoms with van der Waals surface area (Å²) in [6.07, 6.45) is 0.630. The number of halogens is 1. The Bertz CT molecular complexity index is 364. The van der Waals surface area contributed by atoms with Crippen LogP contribution in [-0.2, 0) is 0 Å². The van der Waals surface area contributed by atoms with Crippen molar-refractivity contribution in [2.24, 2.45) is 0 Å². The Balaban J connectivity index is 2.05. The van der Waals surface area contributed by atoms with Gasteiger partial charge in [0, 0.05) is 31.2 Å². The van der Waals surface area contributed by atoms with E-state index < -0.39 is 0 Å². The first-order chi connectivity index (χ1) is 8.63. The topological polar surface area (TPSA) is 15.3 Å². The number of hydrogen-bond donors (Lipinski definition) is 1. The predicted octanol–water partition coefficient (Wildman–Crippen LogP) is 2.77. The molecule has 0 aromatic heterocycles. The zero-order valence-corrected chi connectivity index (χ0v) is 11.3. The highest BCUT2D eigenvalue weighted by atomic mass is 19.1. The van der Waals surface area contributed by atoms with E-state index in [1.807, 2.05) is 6.07 Å². The molecule has 1 aliphatic rings. The largest absolute Gasteiger partial charge is 0.307 e. The number of piperazine rings is 1. The minimum atomic E-state index is -0.226. The average Bonchev–Trinajstić information content (AvgIpc) is 2.38. The number of benzene rings is 1. The molecule has 2 nitrogen and oxygen atoms in total. The highest BCUT2D eigenvalue weighted by Gasteiger charge is 2.33. The van der Waals surface area contributed by atoms with Crippen LogP contribution in [0.2, 0.25) is 0 Å². The molecule has 0 amide bonds. The third-order valence-corrected chi connectivity index (χ3v) is 3.80. The molecule has 1 aromatic carbocycles. The second-order valence-electron chi connectivity index (χ2n) is 5.65. The summed E-state index contributed by atoms with van der Waals surface area (Å²) in [5.74, 6) is 0. The Morgan fingerprint density at radius 1 is 1.33 bits per heavy atom. The maximum absolute atomic E-state index is 12.4. The molecule has 1 fully saturated rings. The van der Waals surface area contributed by atoms with Crippen LogP contribution in [0, 0.1) is 0 Å². The lowest BCUT2D eigenvalue weighted by Crippen LogP contribution is -2.59. The average molecular weight is 250 g/mol. The standard InChI is InChI=1S/C15H23FN2/c1-15(2)12-17-14(11-18(15)10-6-9-16)13-7-4-3-5-8-13/h3-5,7-8,14,17H,6,9-12H2,1-2H3. The van der Waals surface area contributed by atoms with Crippen molar-refractivity contribution in [3.05, 3.63) is 35.9 Å². The molecule has 1 N–H and O–H groups in total. The van der Waals surface area contributed by atoms with Crippen molar-refractivity contribution in [3.63, 3.8) is 0 Å². The fourth-order valence-electron chi connectivity index (χ4n) is 2.57. The molecule has 0 aliphatic carbocycles. The SMILES string of the molecule is CC1(C)CNC(c2ccccc2)CN1CCCF. The Kier molecular flexibility index (Phi) is 4.36. The molecule has 1 saturated heterocycles. The summed E-state index contributed by atoms with van der Waals surface area (Å²) in [7, 11) is 0. The molecule has 0 bridgehead atoms. The highest BCUT2D eigenvalue weighted by molar-refractivity contribution is 5.20. The second kappa shape index (κ2) is 5.81. The molecule has 1 atom stereocenters. The highest BCUT2D eigenvalue weighted by Crippen LogP contribution is 2.25. The minimum Gasteiger partial charge on any atom is -0.307 e. The van der Waals surface area contributed by atoms with Crippen molar-refractivity contribution in [1.29, 1.82) is 0 Å². The number of rotatable bonds is 4. The van der Waals surface area contributed by atoms with E-state index in [0.717, 1.165) is 19.6 Å². The Hall–Kier alpha value is -0.930. The van der Waals surface area contributed by atoms with Crippen LogP contribution >= 0.6 is 0 Å². The van der Waals surface area contributed by atoms with E-state index in [0.29, 0.717) is 12.5 Å². The van der Waals surface area contributed by atoms with Crippen LogP contribution in [-0.4, -0.2) is 36.7 Å². The molecule has 2 rings (SSSR count). The van der Waals surface area contributed by atoms with Crippen LogP contribution in [0.1, 0.15) is 31.9 Å². The van der Waals surface area contributed by atoms with Crippen LogP contribution in [0.25, 0.3) is 0 Å². The van der Waals surface area contributed by atoms with Gasteiger partial charge in [0.05, 0.1) is 6.67 Å². The third-order valence-electron chi connectivity index (χ3n) is 3.80. The number of nitrogens with one attached hydrogen (secondary N) is 1. The first kappa shape index (κ1) is 13.5. The molecule has 0 spiro atoms. The van der Waals surface area contributed by atoms with Crippen molar-refractivity contribution in [2.45, 2.75) is 31.8 Å². The summed E-state index contributed by atoms with van der Waals surface area (Å²) >= 11 is 0. The fourth-order valence-corrected chi connectivity index (χ4v) is 2.57. The van der Waals surface area contributed by atoms with E-state index in [2.05, 4.69) is 48.3 Å². The molecule has 1 aliphatic heterocycles. The Morgan fingerprint density at radius 2 is 2.06 bits per heavy atom. The summed E-state index contributed by atoms with van der Waals surface area (Å²) in [4.78, 5) is 2.40. The van der Waals surface area contributed by atoms with Gasteiger partial charge in [-0.05, 0) is 25.8 Å². The van der Waals surface area contributed by atoms with Gasteiger partial charge in [0.2, 0.25) is 0 Å². The molecular formula is C15H23FN2. The van der Waals surface area contributed by atoms with Gasteiger partial charge in [-0.1, -0.05) is 30.3 Å². The van der Waals surface area contributed by atoms with Crippen LogP contribution < -0.4 is 5.32 Å². The smallest absolute Gasteiger partial charge is 0.0906 e. The van der Waals surface area contributed by atoms with Crippen molar-refractivity contribution in [3.8, 4) is 0 Å². The van der Waals surface area contributed by atoms with Gasteiger partial charge in [-0.2, -0.15) is 0 Å². The molecule has 1 aromatic rings. The third kappa shape index (κ3) is 3.09. The number of hydrogen-bond acceptors (Lipinski definition) is 2.